The zero-order valence-corrected chi connectivity index (χ0v) is 10.9. The number of hydrogen-bond acceptors (Lipinski definition) is 4. The van der Waals surface area contributed by atoms with Crippen LogP contribution < -0.4 is 10.6 Å². The van der Waals surface area contributed by atoms with Crippen molar-refractivity contribution in [3.63, 3.8) is 0 Å². The van der Waals surface area contributed by atoms with E-state index < -0.39 is 9.84 Å². The molecule has 1 heterocycles. The molecule has 1 fully saturated rings. The molecule has 1 saturated heterocycles. The average molecular weight is 275 g/mol. The van der Waals surface area contributed by atoms with Crippen LogP contribution in [0.1, 0.15) is 0 Å². The van der Waals surface area contributed by atoms with Gasteiger partial charge in [-0.2, -0.15) is 0 Å². The summed E-state index contributed by atoms with van der Waals surface area (Å²) in [5, 5.41) is 6.90. The van der Waals surface area contributed by atoms with Crippen LogP contribution in [0.3, 0.4) is 0 Å². The molecule has 0 bridgehead atoms. The van der Waals surface area contributed by atoms with Crippen molar-refractivity contribution in [3.05, 3.63) is 29.3 Å². The topological polar surface area (TPSA) is 58.2 Å². The Kier molecular flexibility index (Phi) is 4.04. The normalized spacial score (nSPS) is 21.4. The van der Waals surface area contributed by atoms with Gasteiger partial charge in [0.1, 0.15) is 0 Å². The lowest BCUT2D eigenvalue weighted by molar-refractivity contribution is 0.440. The zero-order valence-electron chi connectivity index (χ0n) is 9.32. The van der Waals surface area contributed by atoms with Crippen LogP contribution in [-0.4, -0.2) is 39.8 Å². The first kappa shape index (κ1) is 12.8. The molecule has 6 heteroatoms. The van der Waals surface area contributed by atoms with Crippen LogP contribution in [0, 0.1) is 0 Å². The van der Waals surface area contributed by atoms with Crippen LogP contribution in [0.4, 0.5) is 0 Å². The van der Waals surface area contributed by atoms with E-state index in [0.717, 1.165) is 13.1 Å². The van der Waals surface area contributed by atoms with Gasteiger partial charge in [0.25, 0.3) is 0 Å². The van der Waals surface area contributed by atoms with Crippen molar-refractivity contribution < 1.29 is 8.42 Å². The highest BCUT2D eigenvalue weighted by Crippen LogP contribution is 2.16. The lowest BCUT2D eigenvalue weighted by atomic mass is 10.3. The van der Waals surface area contributed by atoms with Crippen LogP contribution in [0.15, 0.2) is 29.2 Å². The van der Waals surface area contributed by atoms with Gasteiger partial charge in [-0.25, -0.2) is 8.42 Å². The van der Waals surface area contributed by atoms with Crippen molar-refractivity contribution in [1.29, 1.82) is 0 Å². The van der Waals surface area contributed by atoms with Crippen LogP contribution >= 0.6 is 11.6 Å². The molecule has 1 aromatic carbocycles. The van der Waals surface area contributed by atoms with Gasteiger partial charge in [-0.15, -0.1) is 0 Å². The van der Waals surface area contributed by atoms with E-state index in [9.17, 15) is 8.42 Å². The fourth-order valence-electron chi connectivity index (χ4n) is 1.83. The summed E-state index contributed by atoms with van der Waals surface area (Å²) >= 11 is 5.74. The molecule has 2 rings (SSSR count). The Hall–Kier alpha value is -0.620. The third-order valence-electron chi connectivity index (χ3n) is 2.72. The fourth-order valence-corrected chi connectivity index (χ4v) is 3.47. The van der Waals surface area contributed by atoms with Gasteiger partial charge in [0.2, 0.25) is 0 Å². The summed E-state index contributed by atoms with van der Waals surface area (Å²) in [5.41, 5.74) is 0. The summed E-state index contributed by atoms with van der Waals surface area (Å²) in [7, 11) is -3.24. The predicted molar refractivity (Wildman–Crippen MR) is 68.2 cm³/mol. The van der Waals surface area contributed by atoms with E-state index in [-0.39, 0.29) is 11.8 Å². The van der Waals surface area contributed by atoms with Gasteiger partial charge in [0, 0.05) is 30.7 Å². The number of halogens is 1. The van der Waals surface area contributed by atoms with Gasteiger partial charge in [-0.1, -0.05) is 11.6 Å². The van der Waals surface area contributed by atoms with Crippen molar-refractivity contribution in [2.24, 2.45) is 0 Å². The molecule has 94 valence electrons. The van der Waals surface area contributed by atoms with Crippen LogP contribution in [-0.2, 0) is 9.84 Å². The molecule has 4 nitrogen and oxygen atoms in total. The summed E-state index contributed by atoms with van der Waals surface area (Å²) in [6, 6.07) is 6.27. The number of nitrogens with one attached hydrogen (secondary N) is 2. The number of benzene rings is 1. The molecule has 1 aliphatic heterocycles. The molecule has 0 aromatic heterocycles. The minimum absolute atomic E-state index is 0.0237. The summed E-state index contributed by atoms with van der Waals surface area (Å²) < 4.78 is 24.2. The van der Waals surface area contributed by atoms with Gasteiger partial charge < -0.3 is 10.6 Å². The van der Waals surface area contributed by atoms with Crippen molar-refractivity contribution in [1.82, 2.24) is 10.6 Å². The van der Waals surface area contributed by atoms with E-state index in [2.05, 4.69) is 10.6 Å². The highest BCUT2D eigenvalue weighted by Gasteiger charge is 2.22. The first-order valence-electron chi connectivity index (χ1n) is 5.50. The molecule has 0 saturated carbocycles. The van der Waals surface area contributed by atoms with E-state index in [1.54, 1.807) is 24.3 Å². The summed E-state index contributed by atoms with van der Waals surface area (Å²) in [4.78, 5) is 0.328. The van der Waals surface area contributed by atoms with Crippen LogP contribution in [0.25, 0.3) is 0 Å². The molecule has 0 spiro atoms. The monoisotopic (exact) mass is 274 g/mol. The fraction of sp³-hybridized carbons (Fsp3) is 0.455. The quantitative estimate of drug-likeness (QED) is 0.851. The number of piperazine rings is 1. The van der Waals surface area contributed by atoms with E-state index >= 15 is 0 Å². The molecule has 17 heavy (non-hydrogen) atoms. The lowest BCUT2D eigenvalue weighted by Gasteiger charge is -2.24. The van der Waals surface area contributed by atoms with Crippen molar-refractivity contribution >= 4 is 21.4 Å². The first-order valence-corrected chi connectivity index (χ1v) is 7.53. The third kappa shape index (κ3) is 3.42. The molecule has 2 N–H and O–H groups in total. The van der Waals surface area contributed by atoms with E-state index in [4.69, 9.17) is 11.6 Å². The van der Waals surface area contributed by atoms with Gasteiger partial charge in [0.15, 0.2) is 9.84 Å². The Bertz CT molecular complexity index is 467. The summed E-state index contributed by atoms with van der Waals surface area (Å²) in [6.45, 7) is 2.38. The highest BCUT2D eigenvalue weighted by atomic mass is 35.5. The van der Waals surface area contributed by atoms with Crippen molar-refractivity contribution in [2.75, 3.05) is 25.4 Å². The van der Waals surface area contributed by atoms with Gasteiger partial charge in [-0.05, 0) is 24.3 Å². The van der Waals surface area contributed by atoms with Gasteiger partial charge in [0.05, 0.1) is 10.6 Å². The second-order valence-corrected chi connectivity index (χ2v) is 6.56. The summed E-state index contributed by atoms with van der Waals surface area (Å²) in [5.74, 6) is 0.113. The maximum absolute atomic E-state index is 12.1. The second kappa shape index (κ2) is 5.35. The minimum Gasteiger partial charge on any atom is -0.314 e. The molecule has 0 aliphatic carbocycles. The number of rotatable bonds is 3. The Labute approximate surface area is 106 Å². The van der Waals surface area contributed by atoms with Crippen molar-refractivity contribution in [3.8, 4) is 0 Å². The maximum Gasteiger partial charge on any atom is 0.179 e. The molecule has 0 unspecified atom stereocenters. The number of hydrogen-bond donors (Lipinski definition) is 2. The highest BCUT2D eigenvalue weighted by molar-refractivity contribution is 7.91. The van der Waals surface area contributed by atoms with E-state index in [1.165, 1.54) is 0 Å². The lowest BCUT2D eigenvalue weighted by Crippen LogP contribution is -2.51. The largest absolute Gasteiger partial charge is 0.314 e. The van der Waals surface area contributed by atoms with Crippen LogP contribution in [0.5, 0.6) is 0 Å². The van der Waals surface area contributed by atoms with Crippen molar-refractivity contribution in [2.45, 2.75) is 10.9 Å². The van der Waals surface area contributed by atoms with E-state index in [0.29, 0.717) is 16.5 Å². The molecule has 0 radical (unpaired) electrons. The Morgan fingerprint density at radius 2 is 1.94 bits per heavy atom. The Morgan fingerprint density at radius 1 is 1.24 bits per heavy atom. The van der Waals surface area contributed by atoms with E-state index in [1.807, 2.05) is 0 Å². The Balaban J connectivity index is 2.10. The second-order valence-electron chi connectivity index (χ2n) is 4.09. The van der Waals surface area contributed by atoms with Gasteiger partial charge >= 0.3 is 0 Å². The molecule has 1 aliphatic rings. The molecular weight excluding hydrogens is 260 g/mol. The third-order valence-corrected chi connectivity index (χ3v) is 4.80. The first-order chi connectivity index (χ1) is 8.08. The maximum atomic E-state index is 12.1. The molecule has 1 atom stereocenters. The van der Waals surface area contributed by atoms with Crippen LogP contribution in [0.2, 0.25) is 5.02 Å². The standard InChI is InChI=1S/C11H15ClN2O2S/c12-9-1-3-11(4-2-9)17(15,16)8-10-7-13-5-6-14-10/h1-4,10,13-14H,5-8H2/t10-/m0/s1. The Morgan fingerprint density at radius 3 is 2.53 bits per heavy atom. The predicted octanol–water partition coefficient (Wildman–Crippen LogP) is 0.675. The molecular formula is C11H15ClN2O2S. The summed E-state index contributed by atoms with van der Waals surface area (Å²) in [6.07, 6.45) is 0. The smallest absolute Gasteiger partial charge is 0.179 e. The SMILES string of the molecule is O=S(=O)(C[C@@H]1CNCCN1)c1ccc(Cl)cc1. The van der Waals surface area contributed by atoms with Gasteiger partial charge in [-0.3, -0.25) is 0 Å². The average Bonchev–Trinajstić information content (AvgIpc) is 2.30. The number of sulfone groups is 1. The molecule has 0 amide bonds. The zero-order chi connectivity index (χ0) is 12.3. The minimum atomic E-state index is -3.24. The molecule has 1 aromatic rings.